The van der Waals surface area contributed by atoms with Gasteiger partial charge >= 0.3 is 0 Å². The molecule has 0 unspecified atom stereocenters. The fourth-order valence-electron chi connectivity index (χ4n) is 0.867. The second kappa shape index (κ2) is 4.24. The third kappa shape index (κ3) is 2.04. The van der Waals surface area contributed by atoms with Crippen LogP contribution in [-0.4, -0.2) is 18.1 Å². The second-order valence-corrected chi connectivity index (χ2v) is 2.25. The van der Waals surface area contributed by atoms with E-state index < -0.39 is 5.91 Å². The minimum absolute atomic E-state index is 0.422. The predicted octanol–water partition coefficient (Wildman–Crippen LogP) is 1.17. The summed E-state index contributed by atoms with van der Waals surface area (Å²) in [4.78, 5) is 15.9. The lowest BCUT2D eigenvalue weighted by molar-refractivity contribution is -0.0514. The van der Waals surface area contributed by atoms with E-state index in [0.717, 1.165) is 0 Å². The maximum absolute atomic E-state index is 11.4. The number of carbonyl (C=O) groups is 1. The molecule has 0 aliphatic rings. The highest BCUT2D eigenvalue weighted by molar-refractivity contribution is 5.94. The Morgan fingerprint density at radius 3 is 2.54 bits per heavy atom. The Labute approximate surface area is 75.9 Å². The summed E-state index contributed by atoms with van der Waals surface area (Å²) in [5, 5.41) is 9.11. The molecule has 0 bridgehead atoms. The molecule has 1 aromatic carbocycles. The highest BCUT2D eigenvalue weighted by Gasteiger charge is 2.13. The fourth-order valence-corrected chi connectivity index (χ4v) is 0.867. The van der Waals surface area contributed by atoms with Crippen molar-refractivity contribution in [1.29, 1.82) is 5.26 Å². The van der Waals surface area contributed by atoms with E-state index >= 15 is 0 Å². The Hall–Kier alpha value is -1.86. The van der Waals surface area contributed by atoms with Gasteiger partial charge in [-0.25, -0.2) is 0 Å². The summed E-state index contributed by atoms with van der Waals surface area (Å²) >= 11 is 0. The number of nitriles is 1. The maximum atomic E-state index is 11.4. The van der Waals surface area contributed by atoms with E-state index in [0.29, 0.717) is 10.6 Å². The van der Waals surface area contributed by atoms with Crippen molar-refractivity contribution in [3.63, 3.8) is 0 Å². The van der Waals surface area contributed by atoms with Crippen LogP contribution in [0.15, 0.2) is 30.3 Å². The molecular weight excluding hydrogens is 168 g/mol. The van der Waals surface area contributed by atoms with E-state index in [2.05, 4.69) is 4.84 Å². The van der Waals surface area contributed by atoms with Gasteiger partial charge in [-0.2, -0.15) is 5.26 Å². The van der Waals surface area contributed by atoms with Crippen LogP contribution in [0.2, 0.25) is 0 Å². The van der Waals surface area contributed by atoms with Crippen LogP contribution in [0.5, 0.6) is 0 Å². The van der Waals surface area contributed by atoms with Gasteiger partial charge in [0, 0.05) is 5.56 Å². The molecule has 0 fully saturated rings. The fraction of sp³-hybridized carbons (Fsp3) is 0.111. The molecule has 4 heteroatoms. The first-order valence-electron chi connectivity index (χ1n) is 3.63. The Bertz CT molecular complexity index is 329. The topological polar surface area (TPSA) is 53.3 Å². The lowest BCUT2D eigenvalue weighted by Crippen LogP contribution is -2.24. The van der Waals surface area contributed by atoms with Crippen molar-refractivity contribution in [2.45, 2.75) is 0 Å². The van der Waals surface area contributed by atoms with Crippen LogP contribution in [0.4, 0.5) is 0 Å². The van der Waals surface area contributed by atoms with Crippen molar-refractivity contribution in [2.24, 2.45) is 0 Å². The zero-order chi connectivity index (χ0) is 9.68. The Morgan fingerprint density at radius 1 is 1.46 bits per heavy atom. The molecule has 0 saturated heterocycles. The van der Waals surface area contributed by atoms with Crippen molar-refractivity contribution in [3.8, 4) is 6.19 Å². The number of rotatable bonds is 2. The number of hydrogen-bond acceptors (Lipinski definition) is 3. The molecule has 0 N–H and O–H groups in total. The molecule has 4 nitrogen and oxygen atoms in total. The van der Waals surface area contributed by atoms with Crippen LogP contribution in [0.3, 0.4) is 0 Å². The van der Waals surface area contributed by atoms with Crippen LogP contribution >= 0.6 is 0 Å². The Morgan fingerprint density at radius 2 is 2.08 bits per heavy atom. The first kappa shape index (κ1) is 9.23. The molecule has 0 spiro atoms. The van der Waals surface area contributed by atoms with Gasteiger partial charge in [-0.3, -0.25) is 9.63 Å². The molecule has 1 amide bonds. The van der Waals surface area contributed by atoms with Gasteiger partial charge in [0.05, 0.1) is 7.11 Å². The minimum atomic E-state index is -0.467. The number of benzene rings is 1. The molecule has 13 heavy (non-hydrogen) atoms. The summed E-state index contributed by atoms with van der Waals surface area (Å²) in [6.45, 7) is 0. The SMILES string of the molecule is CON(C#N)C(=O)c1ccccc1. The van der Waals surface area contributed by atoms with Crippen molar-refractivity contribution >= 4 is 5.91 Å². The molecule has 0 atom stereocenters. The van der Waals surface area contributed by atoms with Crippen LogP contribution in [0.25, 0.3) is 0 Å². The highest BCUT2D eigenvalue weighted by atomic mass is 16.7. The molecular formula is C9H8N2O2. The molecule has 66 valence electrons. The van der Waals surface area contributed by atoms with Crippen LogP contribution < -0.4 is 0 Å². The van der Waals surface area contributed by atoms with Crippen LogP contribution in [0.1, 0.15) is 10.4 Å². The molecule has 0 radical (unpaired) electrons. The summed E-state index contributed by atoms with van der Waals surface area (Å²) in [7, 11) is 1.27. The zero-order valence-electron chi connectivity index (χ0n) is 7.10. The van der Waals surface area contributed by atoms with E-state index in [1.807, 2.05) is 0 Å². The highest BCUT2D eigenvalue weighted by Crippen LogP contribution is 2.03. The third-order valence-electron chi connectivity index (χ3n) is 1.48. The molecule has 1 rings (SSSR count). The number of hydrogen-bond donors (Lipinski definition) is 0. The smallest absolute Gasteiger partial charge is 0.266 e. The van der Waals surface area contributed by atoms with E-state index in [-0.39, 0.29) is 0 Å². The van der Waals surface area contributed by atoms with Gasteiger partial charge in [0.2, 0.25) is 6.19 Å². The molecule has 0 saturated carbocycles. The first-order chi connectivity index (χ1) is 6.29. The van der Waals surface area contributed by atoms with Crippen molar-refractivity contribution in [2.75, 3.05) is 7.11 Å². The third-order valence-corrected chi connectivity index (χ3v) is 1.48. The van der Waals surface area contributed by atoms with Gasteiger partial charge in [-0.1, -0.05) is 18.2 Å². The lowest BCUT2D eigenvalue weighted by Gasteiger charge is -2.08. The van der Waals surface area contributed by atoms with Crippen molar-refractivity contribution in [1.82, 2.24) is 5.06 Å². The zero-order valence-corrected chi connectivity index (χ0v) is 7.10. The van der Waals surface area contributed by atoms with Crippen molar-refractivity contribution in [3.05, 3.63) is 35.9 Å². The van der Waals surface area contributed by atoms with Gasteiger partial charge in [0.15, 0.2) is 0 Å². The molecule has 0 aliphatic heterocycles. The van der Waals surface area contributed by atoms with Gasteiger partial charge in [0.1, 0.15) is 0 Å². The van der Waals surface area contributed by atoms with Gasteiger partial charge in [-0.05, 0) is 12.1 Å². The quantitative estimate of drug-likeness (QED) is 0.386. The van der Waals surface area contributed by atoms with Crippen LogP contribution in [-0.2, 0) is 4.84 Å². The number of hydroxylamine groups is 2. The molecule has 1 aromatic rings. The average molecular weight is 176 g/mol. The van der Waals surface area contributed by atoms with Gasteiger partial charge < -0.3 is 0 Å². The van der Waals surface area contributed by atoms with Crippen LogP contribution in [0, 0.1) is 11.5 Å². The summed E-state index contributed by atoms with van der Waals surface area (Å²) in [5.74, 6) is -0.467. The second-order valence-electron chi connectivity index (χ2n) is 2.25. The van der Waals surface area contributed by atoms with E-state index in [1.54, 1.807) is 36.5 Å². The summed E-state index contributed by atoms with van der Waals surface area (Å²) in [6.07, 6.45) is 1.61. The van der Waals surface area contributed by atoms with Gasteiger partial charge in [-0.15, -0.1) is 5.06 Å². The number of nitrogens with zero attached hydrogens (tertiary/aromatic N) is 2. The van der Waals surface area contributed by atoms with E-state index in [4.69, 9.17) is 5.26 Å². The normalized spacial score (nSPS) is 8.92. The Balaban J connectivity index is 2.86. The van der Waals surface area contributed by atoms with E-state index in [1.165, 1.54) is 7.11 Å². The number of amides is 1. The average Bonchev–Trinajstić information content (AvgIpc) is 2.21. The molecule has 0 aliphatic carbocycles. The summed E-state index contributed by atoms with van der Waals surface area (Å²) in [5.41, 5.74) is 0.422. The summed E-state index contributed by atoms with van der Waals surface area (Å²) in [6, 6.07) is 8.47. The minimum Gasteiger partial charge on any atom is -0.266 e. The van der Waals surface area contributed by atoms with Gasteiger partial charge in [0.25, 0.3) is 5.91 Å². The Kier molecular flexibility index (Phi) is 3.01. The molecule has 0 heterocycles. The lowest BCUT2D eigenvalue weighted by atomic mass is 10.2. The summed E-state index contributed by atoms with van der Waals surface area (Å²) < 4.78 is 0. The predicted molar refractivity (Wildman–Crippen MR) is 45.2 cm³/mol. The maximum Gasteiger partial charge on any atom is 0.291 e. The first-order valence-corrected chi connectivity index (χ1v) is 3.63. The monoisotopic (exact) mass is 176 g/mol. The van der Waals surface area contributed by atoms with Crippen molar-refractivity contribution < 1.29 is 9.63 Å². The largest absolute Gasteiger partial charge is 0.291 e. The molecule has 0 aromatic heterocycles. The standard InChI is InChI=1S/C9H8N2O2/c1-13-11(7-10)9(12)8-5-3-2-4-6-8/h2-6H,1H3. The van der Waals surface area contributed by atoms with E-state index in [9.17, 15) is 4.79 Å². The number of carbonyl (C=O) groups excluding carboxylic acids is 1.